The van der Waals surface area contributed by atoms with E-state index in [4.69, 9.17) is 5.73 Å². The molecule has 0 aliphatic heterocycles. The highest BCUT2D eigenvalue weighted by atomic mass is 15.0. The topological polar surface area (TPSA) is 101 Å². The monoisotopic (exact) mass is 276 g/mol. The second-order valence-corrected chi connectivity index (χ2v) is 4.64. The van der Waals surface area contributed by atoms with Crippen LogP contribution in [-0.2, 0) is 0 Å². The standard InChI is InChI=1S/C15H12N6/c1-8-13(21-12-6-4-3-5-11(12)18-8)14-10(7-16)15(17)20-9(2)19-14/h3-6H,1-2H3,(H2,17,19,20). The zero-order valence-corrected chi connectivity index (χ0v) is 11.6. The van der Waals surface area contributed by atoms with Gasteiger partial charge in [0.15, 0.2) is 0 Å². The molecule has 21 heavy (non-hydrogen) atoms. The van der Waals surface area contributed by atoms with Crippen LogP contribution in [0.25, 0.3) is 22.4 Å². The first-order valence-corrected chi connectivity index (χ1v) is 6.38. The van der Waals surface area contributed by atoms with E-state index in [1.54, 1.807) is 6.92 Å². The van der Waals surface area contributed by atoms with E-state index >= 15 is 0 Å². The molecule has 0 aliphatic carbocycles. The van der Waals surface area contributed by atoms with Gasteiger partial charge in [-0.15, -0.1) is 0 Å². The number of aryl methyl sites for hydroxylation is 2. The lowest BCUT2D eigenvalue weighted by Crippen LogP contribution is -2.05. The fourth-order valence-corrected chi connectivity index (χ4v) is 2.19. The average Bonchev–Trinajstić information content (AvgIpc) is 2.45. The SMILES string of the molecule is Cc1nc(N)c(C#N)c(-c2nc3ccccc3nc2C)n1. The van der Waals surface area contributed by atoms with Gasteiger partial charge in [0, 0.05) is 0 Å². The summed E-state index contributed by atoms with van der Waals surface area (Å²) in [6.07, 6.45) is 0. The Bertz CT molecular complexity index is 895. The van der Waals surface area contributed by atoms with E-state index in [2.05, 4.69) is 19.9 Å². The molecule has 102 valence electrons. The molecule has 3 rings (SSSR count). The van der Waals surface area contributed by atoms with Gasteiger partial charge in [-0.05, 0) is 26.0 Å². The van der Waals surface area contributed by atoms with Gasteiger partial charge in [0.2, 0.25) is 0 Å². The summed E-state index contributed by atoms with van der Waals surface area (Å²) in [4.78, 5) is 17.4. The van der Waals surface area contributed by atoms with E-state index in [1.165, 1.54) is 0 Å². The fourth-order valence-electron chi connectivity index (χ4n) is 2.19. The second kappa shape index (κ2) is 4.80. The number of nitrogen functional groups attached to an aromatic ring is 1. The van der Waals surface area contributed by atoms with Gasteiger partial charge in [0.1, 0.15) is 34.7 Å². The molecule has 3 aromatic rings. The number of hydrogen-bond donors (Lipinski definition) is 1. The summed E-state index contributed by atoms with van der Waals surface area (Å²) in [5.74, 6) is 0.658. The van der Waals surface area contributed by atoms with E-state index < -0.39 is 0 Å². The van der Waals surface area contributed by atoms with Crippen LogP contribution in [0.15, 0.2) is 24.3 Å². The Hall–Kier alpha value is -3.07. The molecule has 0 atom stereocenters. The van der Waals surface area contributed by atoms with Crippen LogP contribution in [0.1, 0.15) is 17.1 Å². The van der Waals surface area contributed by atoms with Gasteiger partial charge in [-0.3, -0.25) is 0 Å². The largest absolute Gasteiger partial charge is 0.382 e. The highest BCUT2D eigenvalue weighted by Crippen LogP contribution is 2.26. The van der Waals surface area contributed by atoms with Crippen molar-refractivity contribution in [3.63, 3.8) is 0 Å². The first kappa shape index (κ1) is 12.9. The Balaban J connectivity index is 2.35. The molecule has 0 bridgehead atoms. The molecule has 0 radical (unpaired) electrons. The van der Waals surface area contributed by atoms with Crippen molar-refractivity contribution in [3.05, 3.63) is 41.3 Å². The van der Waals surface area contributed by atoms with Gasteiger partial charge in [-0.1, -0.05) is 12.1 Å². The van der Waals surface area contributed by atoms with Gasteiger partial charge < -0.3 is 5.73 Å². The Labute approximate surface area is 121 Å². The van der Waals surface area contributed by atoms with Crippen LogP contribution < -0.4 is 5.73 Å². The Kier molecular flexibility index (Phi) is 2.95. The third-order valence-corrected chi connectivity index (χ3v) is 3.13. The highest BCUT2D eigenvalue weighted by Gasteiger charge is 2.17. The van der Waals surface area contributed by atoms with Crippen molar-refractivity contribution < 1.29 is 0 Å². The highest BCUT2D eigenvalue weighted by molar-refractivity contribution is 5.79. The quantitative estimate of drug-likeness (QED) is 0.730. The van der Waals surface area contributed by atoms with Gasteiger partial charge in [0.25, 0.3) is 0 Å². The summed E-state index contributed by atoms with van der Waals surface area (Å²) in [5.41, 5.74) is 9.27. The van der Waals surface area contributed by atoms with E-state index in [0.717, 1.165) is 11.0 Å². The van der Waals surface area contributed by atoms with Gasteiger partial charge >= 0.3 is 0 Å². The molecule has 2 heterocycles. The molecule has 0 amide bonds. The lowest BCUT2D eigenvalue weighted by Gasteiger charge is -2.09. The van der Waals surface area contributed by atoms with Gasteiger partial charge in [0.05, 0.1) is 16.7 Å². The predicted molar refractivity (Wildman–Crippen MR) is 79.2 cm³/mol. The molecular weight excluding hydrogens is 264 g/mol. The van der Waals surface area contributed by atoms with Crippen molar-refractivity contribution in [2.75, 3.05) is 5.73 Å². The minimum Gasteiger partial charge on any atom is -0.382 e. The van der Waals surface area contributed by atoms with Gasteiger partial charge in [-0.2, -0.15) is 5.26 Å². The lowest BCUT2D eigenvalue weighted by molar-refractivity contribution is 1.04. The number of nitrogens with two attached hydrogens (primary N) is 1. The third kappa shape index (κ3) is 2.15. The van der Waals surface area contributed by atoms with E-state index in [1.807, 2.05) is 37.3 Å². The number of anilines is 1. The maximum atomic E-state index is 9.30. The normalized spacial score (nSPS) is 10.5. The third-order valence-electron chi connectivity index (χ3n) is 3.13. The molecule has 0 spiro atoms. The Morgan fingerprint density at radius 3 is 2.29 bits per heavy atom. The minimum absolute atomic E-state index is 0.161. The molecule has 0 saturated heterocycles. The number of fused-ring (bicyclic) bond motifs is 1. The number of nitriles is 1. The molecule has 1 aromatic carbocycles. The van der Waals surface area contributed by atoms with Crippen LogP contribution in [-0.4, -0.2) is 19.9 Å². The van der Waals surface area contributed by atoms with Crippen LogP contribution >= 0.6 is 0 Å². The molecule has 0 unspecified atom stereocenters. The van der Waals surface area contributed by atoms with Crippen LogP contribution in [0.3, 0.4) is 0 Å². The molecule has 2 N–H and O–H groups in total. The summed E-state index contributed by atoms with van der Waals surface area (Å²) in [6, 6.07) is 9.61. The predicted octanol–water partition coefficient (Wildman–Crippen LogP) is 2.16. The molecule has 0 fully saturated rings. The maximum absolute atomic E-state index is 9.30. The van der Waals surface area contributed by atoms with Crippen LogP contribution in [0.5, 0.6) is 0 Å². The van der Waals surface area contributed by atoms with Crippen molar-refractivity contribution in [1.29, 1.82) is 5.26 Å². The zero-order valence-electron chi connectivity index (χ0n) is 11.6. The van der Waals surface area contributed by atoms with Crippen LogP contribution in [0, 0.1) is 25.2 Å². The smallest absolute Gasteiger partial charge is 0.145 e. The molecular formula is C15H12N6. The minimum atomic E-state index is 0.161. The first-order chi connectivity index (χ1) is 10.1. The second-order valence-electron chi connectivity index (χ2n) is 4.64. The van der Waals surface area contributed by atoms with E-state index in [9.17, 15) is 5.26 Å². The molecule has 6 nitrogen and oxygen atoms in total. The Morgan fingerprint density at radius 2 is 1.62 bits per heavy atom. The number of para-hydroxylation sites is 2. The average molecular weight is 276 g/mol. The number of aromatic nitrogens is 4. The number of hydrogen-bond acceptors (Lipinski definition) is 6. The number of rotatable bonds is 1. The first-order valence-electron chi connectivity index (χ1n) is 6.38. The van der Waals surface area contributed by atoms with Crippen molar-refractivity contribution >= 4 is 16.9 Å². The summed E-state index contributed by atoms with van der Waals surface area (Å²) in [6.45, 7) is 3.56. The zero-order chi connectivity index (χ0) is 15.0. The van der Waals surface area contributed by atoms with E-state index in [0.29, 0.717) is 22.9 Å². The van der Waals surface area contributed by atoms with E-state index in [-0.39, 0.29) is 11.4 Å². The number of benzene rings is 1. The van der Waals surface area contributed by atoms with Crippen molar-refractivity contribution in [1.82, 2.24) is 19.9 Å². The van der Waals surface area contributed by atoms with Crippen LogP contribution in [0.2, 0.25) is 0 Å². The Morgan fingerprint density at radius 1 is 0.952 bits per heavy atom. The summed E-state index contributed by atoms with van der Waals surface area (Å²) < 4.78 is 0. The molecule has 2 aromatic heterocycles. The van der Waals surface area contributed by atoms with Crippen LogP contribution in [0.4, 0.5) is 5.82 Å². The van der Waals surface area contributed by atoms with Crippen molar-refractivity contribution in [2.45, 2.75) is 13.8 Å². The fraction of sp³-hybridized carbons (Fsp3) is 0.133. The lowest BCUT2D eigenvalue weighted by atomic mass is 10.1. The number of nitrogens with zero attached hydrogens (tertiary/aromatic N) is 5. The molecule has 0 saturated carbocycles. The summed E-state index contributed by atoms with van der Waals surface area (Å²) in [5, 5.41) is 9.30. The van der Waals surface area contributed by atoms with Crippen molar-refractivity contribution in [2.24, 2.45) is 0 Å². The van der Waals surface area contributed by atoms with Crippen molar-refractivity contribution in [3.8, 4) is 17.5 Å². The summed E-state index contributed by atoms with van der Waals surface area (Å²) >= 11 is 0. The molecule has 6 heteroatoms. The summed E-state index contributed by atoms with van der Waals surface area (Å²) in [7, 11) is 0. The maximum Gasteiger partial charge on any atom is 0.145 e. The molecule has 0 aliphatic rings. The van der Waals surface area contributed by atoms with Gasteiger partial charge in [-0.25, -0.2) is 19.9 Å².